The number of hydrogen-bond donors (Lipinski definition) is 3. The van der Waals surface area contributed by atoms with Gasteiger partial charge in [0.15, 0.2) is 5.69 Å². The summed E-state index contributed by atoms with van der Waals surface area (Å²) in [6.45, 7) is 2.39. The molecule has 0 aromatic heterocycles. The third kappa shape index (κ3) is 5.39. The average Bonchev–Trinajstić information content (AvgIpc) is 2.67. The quantitative estimate of drug-likeness (QED) is 0.263. The maximum atomic E-state index is 11.5. The van der Waals surface area contributed by atoms with Gasteiger partial charge in [0, 0.05) is 23.3 Å². The Labute approximate surface area is 169 Å². The fraction of sp³-hybridized carbons (Fsp3) is 0.429. The number of anilines is 1. The minimum absolute atomic E-state index is 0.104. The van der Waals surface area contributed by atoms with Crippen LogP contribution in [-0.2, 0) is 5.75 Å². The second-order valence-corrected chi connectivity index (χ2v) is 8.74. The Kier molecular flexibility index (Phi) is 6.46. The Balaban J connectivity index is 1.68. The van der Waals surface area contributed by atoms with Crippen LogP contribution < -0.4 is 5.32 Å². The molecule has 1 fully saturated rings. The molecule has 0 spiro atoms. The second kappa shape index (κ2) is 8.84. The van der Waals surface area contributed by atoms with Crippen LogP contribution in [0.25, 0.3) is 0 Å². The van der Waals surface area contributed by atoms with E-state index in [-0.39, 0.29) is 17.1 Å². The molecule has 0 amide bonds. The van der Waals surface area contributed by atoms with Crippen molar-refractivity contribution in [2.24, 2.45) is 5.92 Å². The molecule has 1 aliphatic rings. The van der Waals surface area contributed by atoms with Crippen molar-refractivity contribution in [2.75, 3.05) is 11.9 Å². The first-order valence-electron chi connectivity index (χ1n) is 9.48. The van der Waals surface area contributed by atoms with Gasteiger partial charge >= 0.3 is 0 Å². The average molecular weight is 403 g/mol. The van der Waals surface area contributed by atoms with Gasteiger partial charge in [-0.15, -0.1) is 11.8 Å². The Hall–Kier alpha value is -2.25. The predicted octanol–water partition coefficient (Wildman–Crippen LogP) is 4.95. The molecule has 3 rings (SSSR count). The number of aromatic hydroxyl groups is 1. The summed E-state index contributed by atoms with van der Waals surface area (Å²) in [7, 11) is 0. The normalized spacial score (nSPS) is 22.0. The van der Waals surface area contributed by atoms with E-state index in [1.807, 2.05) is 37.3 Å². The lowest BCUT2D eigenvalue weighted by Crippen LogP contribution is -2.32. The van der Waals surface area contributed by atoms with Gasteiger partial charge in [0.25, 0.3) is 5.69 Å². The van der Waals surface area contributed by atoms with Gasteiger partial charge in [0.2, 0.25) is 0 Å². The second-order valence-electron chi connectivity index (χ2n) is 7.69. The summed E-state index contributed by atoms with van der Waals surface area (Å²) in [6, 6.07) is 12.9. The summed E-state index contributed by atoms with van der Waals surface area (Å²) in [5.74, 6) is 0.894. The lowest BCUT2D eigenvalue weighted by molar-refractivity contribution is -0.384. The topological polar surface area (TPSA) is 95.6 Å². The third-order valence-electron chi connectivity index (χ3n) is 5.27. The monoisotopic (exact) mass is 402 g/mol. The van der Waals surface area contributed by atoms with Crippen molar-refractivity contribution < 1.29 is 15.1 Å². The third-order valence-corrected chi connectivity index (χ3v) is 6.31. The summed E-state index contributed by atoms with van der Waals surface area (Å²) < 4.78 is 0. The number of thioether (sulfide) groups is 1. The van der Waals surface area contributed by atoms with Gasteiger partial charge in [-0.25, -0.2) is 0 Å². The number of hydrogen-bond acceptors (Lipinski definition) is 6. The Morgan fingerprint density at radius 2 is 1.93 bits per heavy atom. The zero-order chi connectivity index (χ0) is 20.1. The molecule has 28 heavy (non-hydrogen) atoms. The van der Waals surface area contributed by atoms with Gasteiger partial charge in [-0.05, 0) is 50.2 Å². The molecule has 2 aromatic carbocycles. The molecule has 150 valence electrons. The van der Waals surface area contributed by atoms with Gasteiger partial charge in [0.1, 0.15) is 5.75 Å². The fourth-order valence-electron chi connectivity index (χ4n) is 3.49. The van der Waals surface area contributed by atoms with Crippen LogP contribution in [0.15, 0.2) is 47.4 Å². The molecule has 0 atom stereocenters. The van der Waals surface area contributed by atoms with E-state index in [0.717, 1.165) is 31.2 Å². The number of benzene rings is 2. The van der Waals surface area contributed by atoms with Gasteiger partial charge in [0.05, 0.1) is 10.5 Å². The lowest BCUT2D eigenvalue weighted by atomic mass is 9.80. The van der Waals surface area contributed by atoms with Gasteiger partial charge in [-0.3, -0.25) is 10.1 Å². The zero-order valence-corrected chi connectivity index (χ0v) is 16.7. The van der Waals surface area contributed by atoms with Gasteiger partial charge in [-0.2, -0.15) is 0 Å². The smallest absolute Gasteiger partial charge is 0.297 e. The number of phenols is 1. The van der Waals surface area contributed by atoms with Crippen LogP contribution in [0.1, 0.15) is 38.2 Å². The molecule has 1 aliphatic carbocycles. The number of nitro groups is 1. The molecular weight excluding hydrogens is 376 g/mol. The van der Waals surface area contributed by atoms with Crippen molar-refractivity contribution >= 4 is 23.1 Å². The van der Waals surface area contributed by atoms with Crippen LogP contribution in [0.5, 0.6) is 5.75 Å². The van der Waals surface area contributed by atoms with Crippen LogP contribution in [0.2, 0.25) is 0 Å². The minimum atomic E-state index is -0.609. The molecule has 0 aliphatic heterocycles. The first-order chi connectivity index (χ1) is 13.3. The fourth-order valence-corrected chi connectivity index (χ4v) is 4.40. The maximum absolute atomic E-state index is 11.5. The minimum Gasteiger partial charge on any atom is -0.505 e. The van der Waals surface area contributed by atoms with Crippen LogP contribution >= 0.6 is 11.8 Å². The first-order valence-corrected chi connectivity index (χ1v) is 10.5. The van der Waals surface area contributed by atoms with Crippen molar-refractivity contribution in [3.05, 3.63) is 58.1 Å². The van der Waals surface area contributed by atoms with Crippen LogP contribution in [0, 0.1) is 16.0 Å². The van der Waals surface area contributed by atoms with Crippen molar-refractivity contribution in [1.29, 1.82) is 0 Å². The summed E-state index contributed by atoms with van der Waals surface area (Å²) in [5.41, 5.74) is 0.567. The molecule has 0 radical (unpaired) electrons. The predicted molar refractivity (Wildman–Crippen MR) is 112 cm³/mol. The van der Waals surface area contributed by atoms with E-state index in [9.17, 15) is 20.3 Å². The van der Waals surface area contributed by atoms with E-state index < -0.39 is 10.5 Å². The Bertz CT molecular complexity index is 817. The van der Waals surface area contributed by atoms with Crippen LogP contribution in [0.3, 0.4) is 0 Å². The van der Waals surface area contributed by atoms with Gasteiger partial charge in [-0.1, -0.05) is 30.3 Å². The van der Waals surface area contributed by atoms with Crippen molar-refractivity contribution in [2.45, 2.75) is 48.9 Å². The van der Waals surface area contributed by atoms with E-state index in [0.29, 0.717) is 23.1 Å². The molecule has 6 nitrogen and oxygen atoms in total. The summed E-state index contributed by atoms with van der Waals surface area (Å²) in [4.78, 5) is 11.8. The summed E-state index contributed by atoms with van der Waals surface area (Å²) in [5, 5.41) is 35.1. The van der Waals surface area contributed by atoms with E-state index in [2.05, 4.69) is 5.32 Å². The first kappa shape index (κ1) is 20.5. The standard InChI is InChI=1S/C21H26N2O4S/c1-21(25)9-7-15(8-10-21)13-22-20-18(23(26)27)11-17(12-19(20)24)28-14-16-5-3-2-4-6-16/h2-6,11-12,15,22,24-25H,7-10,13-14H2,1H3. The molecule has 0 heterocycles. The highest BCUT2D eigenvalue weighted by Crippen LogP contribution is 2.40. The molecule has 3 N–H and O–H groups in total. The zero-order valence-electron chi connectivity index (χ0n) is 15.9. The number of phenolic OH excluding ortho intramolecular Hbond substituents is 1. The lowest BCUT2D eigenvalue weighted by Gasteiger charge is -2.33. The SMILES string of the molecule is CC1(O)CCC(CNc2c(O)cc(SCc3ccccc3)cc2[N+](=O)[O-])CC1. The largest absolute Gasteiger partial charge is 0.505 e. The molecule has 7 heteroatoms. The molecule has 0 bridgehead atoms. The molecule has 1 saturated carbocycles. The number of nitrogens with zero attached hydrogens (tertiary/aromatic N) is 1. The molecular formula is C21H26N2O4S. The van der Waals surface area contributed by atoms with Crippen molar-refractivity contribution in [1.82, 2.24) is 0 Å². The highest BCUT2D eigenvalue weighted by Gasteiger charge is 2.29. The highest BCUT2D eigenvalue weighted by molar-refractivity contribution is 7.98. The van der Waals surface area contributed by atoms with E-state index >= 15 is 0 Å². The van der Waals surface area contributed by atoms with Crippen LogP contribution in [-0.4, -0.2) is 27.3 Å². The maximum Gasteiger partial charge on any atom is 0.297 e. The van der Waals surface area contributed by atoms with Crippen molar-refractivity contribution in [3.8, 4) is 5.75 Å². The van der Waals surface area contributed by atoms with Gasteiger partial charge < -0.3 is 15.5 Å². The van der Waals surface area contributed by atoms with E-state index in [4.69, 9.17) is 0 Å². The number of aliphatic hydroxyl groups is 1. The van der Waals surface area contributed by atoms with Crippen LogP contribution in [0.4, 0.5) is 11.4 Å². The Morgan fingerprint density at radius 1 is 1.25 bits per heavy atom. The van der Waals surface area contributed by atoms with E-state index in [1.165, 1.54) is 17.8 Å². The molecule has 0 unspecified atom stereocenters. The summed E-state index contributed by atoms with van der Waals surface area (Å²) >= 11 is 1.45. The Morgan fingerprint density at radius 3 is 2.57 bits per heavy atom. The molecule has 2 aromatic rings. The summed E-state index contributed by atoms with van der Waals surface area (Å²) in [6.07, 6.45) is 3.17. The number of nitro benzene ring substituents is 1. The van der Waals surface area contributed by atoms with E-state index in [1.54, 1.807) is 6.07 Å². The van der Waals surface area contributed by atoms with Crippen molar-refractivity contribution in [3.63, 3.8) is 0 Å². The molecule has 0 saturated heterocycles. The highest BCUT2D eigenvalue weighted by atomic mass is 32.2. The number of nitrogens with one attached hydrogen (secondary N) is 1. The number of rotatable bonds is 7.